The van der Waals surface area contributed by atoms with E-state index in [1.54, 1.807) is 21.3 Å². The van der Waals surface area contributed by atoms with Crippen LogP contribution in [0.25, 0.3) is 0 Å². The van der Waals surface area contributed by atoms with Crippen LogP contribution in [0.4, 0.5) is 0 Å². The monoisotopic (exact) mass is 200 g/mol. The Kier molecular flexibility index (Phi) is 8.53. The fourth-order valence-corrected chi connectivity index (χ4v) is 1.05. The van der Waals surface area contributed by atoms with Crippen molar-refractivity contribution in [2.45, 2.75) is 25.7 Å². The maximum Gasteiger partial charge on any atom is 0.176 e. The van der Waals surface area contributed by atoms with Crippen molar-refractivity contribution < 1.29 is 14.2 Å². The topological polar surface area (TPSA) is 27.7 Å². The summed E-state index contributed by atoms with van der Waals surface area (Å²) in [6.45, 7) is 1.98. The number of methoxy groups -OCH3 is 3. The number of rotatable bonds is 7. The van der Waals surface area contributed by atoms with Crippen molar-refractivity contribution in [3.8, 4) is 0 Å². The first kappa shape index (κ1) is 13.4. The molecule has 0 aliphatic heterocycles. The molecule has 0 N–H and O–H groups in total. The van der Waals surface area contributed by atoms with Gasteiger partial charge in [0.25, 0.3) is 0 Å². The van der Waals surface area contributed by atoms with Crippen molar-refractivity contribution >= 4 is 0 Å². The van der Waals surface area contributed by atoms with Crippen molar-refractivity contribution in [1.82, 2.24) is 0 Å². The minimum absolute atomic E-state index is 0.130. The molecule has 1 unspecified atom stereocenters. The van der Waals surface area contributed by atoms with Crippen LogP contribution in [0.2, 0.25) is 0 Å². The Morgan fingerprint density at radius 1 is 1.00 bits per heavy atom. The minimum atomic E-state index is -0.266. The van der Waals surface area contributed by atoms with Gasteiger partial charge in [-0.2, -0.15) is 0 Å². The molecule has 0 aliphatic carbocycles. The van der Waals surface area contributed by atoms with Gasteiger partial charge in [-0.15, -0.1) is 0 Å². The molecule has 0 heterocycles. The van der Waals surface area contributed by atoms with Crippen LogP contribution in [0.3, 0.4) is 0 Å². The average molecular weight is 200 g/mol. The molecule has 0 aromatic carbocycles. The molecule has 3 heteroatoms. The summed E-state index contributed by atoms with van der Waals surface area (Å²) in [5.74, 6) is 0. The van der Waals surface area contributed by atoms with E-state index in [9.17, 15) is 0 Å². The van der Waals surface area contributed by atoms with Crippen molar-refractivity contribution in [2.75, 3.05) is 21.3 Å². The van der Waals surface area contributed by atoms with Gasteiger partial charge in [-0.3, -0.25) is 0 Å². The van der Waals surface area contributed by atoms with Crippen LogP contribution in [0.15, 0.2) is 24.3 Å². The molecule has 0 bridgehead atoms. The second kappa shape index (κ2) is 8.94. The summed E-state index contributed by atoms with van der Waals surface area (Å²) in [5, 5.41) is 0. The number of allylic oxidation sites excluding steroid dienone is 1. The largest absolute Gasteiger partial charge is 0.377 e. The second-order valence-corrected chi connectivity index (χ2v) is 2.80. The normalized spacial score (nSPS) is 14.6. The minimum Gasteiger partial charge on any atom is -0.377 e. The summed E-state index contributed by atoms with van der Waals surface area (Å²) in [6.07, 6.45) is 8.54. The molecular formula is C11H20O3. The third-order valence-electron chi connectivity index (χ3n) is 1.84. The predicted molar refractivity (Wildman–Crippen MR) is 57.2 cm³/mol. The summed E-state index contributed by atoms with van der Waals surface area (Å²) < 4.78 is 15.2. The summed E-state index contributed by atoms with van der Waals surface area (Å²) in [4.78, 5) is 0. The fourth-order valence-electron chi connectivity index (χ4n) is 1.05. The van der Waals surface area contributed by atoms with Crippen LogP contribution in [0.5, 0.6) is 0 Å². The lowest BCUT2D eigenvalue weighted by Gasteiger charge is -2.09. The molecule has 0 radical (unpaired) electrons. The Bertz CT molecular complexity index is 171. The predicted octanol–water partition coefficient (Wildman–Crippen LogP) is 2.14. The Hall–Kier alpha value is -0.640. The van der Waals surface area contributed by atoms with Gasteiger partial charge in [0.15, 0.2) is 6.29 Å². The van der Waals surface area contributed by atoms with Crippen LogP contribution in [-0.4, -0.2) is 33.7 Å². The molecule has 14 heavy (non-hydrogen) atoms. The first-order valence-corrected chi connectivity index (χ1v) is 4.66. The molecule has 82 valence electrons. The maximum absolute atomic E-state index is 5.22. The second-order valence-electron chi connectivity index (χ2n) is 2.80. The molecule has 0 amide bonds. The molecule has 0 aliphatic rings. The van der Waals surface area contributed by atoms with Gasteiger partial charge in [-0.05, 0) is 19.4 Å². The van der Waals surface area contributed by atoms with E-state index in [-0.39, 0.29) is 12.4 Å². The number of hydrogen-bond donors (Lipinski definition) is 0. The molecule has 0 aromatic heterocycles. The Morgan fingerprint density at radius 3 is 2.07 bits per heavy atom. The SMILES string of the molecule is CC=CC(CC=CC(OC)OC)OC. The zero-order valence-electron chi connectivity index (χ0n) is 9.40. The van der Waals surface area contributed by atoms with Crippen LogP contribution in [0, 0.1) is 0 Å². The van der Waals surface area contributed by atoms with Crippen molar-refractivity contribution in [3.63, 3.8) is 0 Å². The van der Waals surface area contributed by atoms with Crippen LogP contribution in [-0.2, 0) is 14.2 Å². The molecule has 0 fully saturated rings. The molecular weight excluding hydrogens is 180 g/mol. The highest BCUT2D eigenvalue weighted by molar-refractivity contribution is 4.94. The van der Waals surface area contributed by atoms with Crippen LogP contribution >= 0.6 is 0 Å². The lowest BCUT2D eigenvalue weighted by molar-refractivity contribution is -0.0668. The van der Waals surface area contributed by atoms with Gasteiger partial charge in [0.05, 0.1) is 6.10 Å². The summed E-state index contributed by atoms with van der Waals surface area (Å²) in [5.41, 5.74) is 0. The molecule has 0 saturated heterocycles. The zero-order valence-corrected chi connectivity index (χ0v) is 9.40. The molecule has 0 aromatic rings. The highest BCUT2D eigenvalue weighted by Gasteiger charge is 2.00. The smallest absolute Gasteiger partial charge is 0.176 e. The summed E-state index contributed by atoms with van der Waals surface area (Å²) >= 11 is 0. The van der Waals surface area contributed by atoms with Gasteiger partial charge < -0.3 is 14.2 Å². The van der Waals surface area contributed by atoms with E-state index in [2.05, 4.69) is 0 Å². The van der Waals surface area contributed by atoms with Crippen LogP contribution < -0.4 is 0 Å². The molecule has 0 rings (SSSR count). The van der Waals surface area contributed by atoms with E-state index < -0.39 is 0 Å². The highest BCUT2D eigenvalue weighted by Crippen LogP contribution is 2.02. The van der Waals surface area contributed by atoms with Crippen molar-refractivity contribution in [3.05, 3.63) is 24.3 Å². The van der Waals surface area contributed by atoms with Crippen molar-refractivity contribution in [1.29, 1.82) is 0 Å². The summed E-state index contributed by atoms with van der Waals surface area (Å²) in [6, 6.07) is 0. The first-order valence-electron chi connectivity index (χ1n) is 4.66. The summed E-state index contributed by atoms with van der Waals surface area (Å²) in [7, 11) is 4.92. The van der Waals surface area contributed by atoms with Gasteiger partial charge in [0.2, 0.25) is 0 Å². The molecule has 1 atom stereocenters. The maximum atomic E-state index is 5.22. The third-order valence-corrected chi connectivity index (χ3v) is 1.84. The van der Waals surface area contributed by atoms with E-state index in [0.717, 1.165) is 6.42 Å². The van der Waals surface area contributed by atoms with Gasteiger partial charge in [-0.25, -0.2) is 0 Å². The Labute approximate surface area is 86.4 Å². The van der Waals surface area contributed by atoms with Crippen molar-refractivity contribution in [2.24, 2.45) is 0 Å². The standard InChI is InChI=1S/C11H20O3/c1-5-7-10(12-2)8-6-9-11(13-3)14-4/h5-7,9-11H,8H2,1-4H3. The lowest BCUT2D eigenvalue weighted by Crippen LogP contribution is -2.10. The number of hydrogen-bond acceptors (Lipinski definition) is 3. The van der Waals surface area contributed by atoms with E-state index in [0.29, 0.717) is 0 Å². The zero-order chi connectivity index (χ0) is 10.8. The van der Waals surface area contributed by atoms with Gasteiger partial charge in [0.1, 0.15) is 0 Å². The van der Waals surface area contributed by atoms with Gasteiger partial charge >= 0.3 is 0 Å². The molecule has 3 nitrogen and oxygen atoms in total. The lowest BCUT2D eigenvalue weighted by atomic mass is 10.2. The fraction of sp³-hybridized carbons (Fsp3) is 0.636. The van der Waals surface area contributed by atoms with E-state index in [4.69, 9.17) is 14.2 Å². The highest BCUT2D eigenvalue weighted by atomic mass is 16.7. The Balaban J connectivity index is 3.87. The van der Waals surface area contributed by atoms with Crippen LogP contribution in [0.1, 0.15) is 13.3 Å². The number of ether oxygens (including phenoxy) is 3. The third kappa shape index (κ3) is 5.91. The quantitative estimate of drug-likeness (QED) is 0.465. The Morgan fingerprint density at radius 2 is 1.64 bits per heavy atom. The molecule has 0 spiro atoms. The van der Waals surface area contributed by atoms with E-state index >= 15 is 0 Å². The average Bonchev–Trinajstić information content (AvgIpc) is 2.23. The molecule has 0 saturated carbocycles. The van der Waals surface area contributed by atoms with E-state index in [1.165, 1.54) is 0 Å². The van der Waals surface area contributed by atoms with Gasteiger partial charge in [0, 0.05) is 21.3 Å². The first-order chi connectivity index (χ1) is 6.78. The van der Waals surface area contributed by atoms with E-state index in [1.807, 2.05) is 31.2 Å². The van der Waals surface area contributed by atoms with Gasteiger partial charge in [-0.1, -0.05) is 18.2 Å².